The normalized spacial score (nSPS) is 21.3. The summed E-state index contributed by atoms with van der Waals surface area (Å²) in [7, 11) is 1.27. The Balaban J connectivity index is 1.68. The molecule has 1 fully saturated rings. The van der Waals surface area contributed by atoms with Crippen molar-refractivity contribution in [3.63, 3.8) is 0 Å². The van der Waals surface area contributed by atoms with Crippen LogP contribution < -0.4 is 11.1 Å². The number of thiazole rings is 1. The van der Waals surface area contributed by atoms with E-state index >= 15 is 0 Å². The third-order valence-electron chi connectivity index (χ3n) is 4.11. The lowest BCUT2D eigenvalue weighted by Crippen LogP contribution is -2.70. The van der Waals surface area contributed by atoms with Crippen LogP contribution in [0.1, 0.15) is 19.5 Å². The summed E-state index contributed by atoms with van der Waals surface area (Å²) in [5.41, 5.74) is 5.71. The average molecular weight is 470 g/mol. The van der Waals surface area contributed by atoms with Crippen LogP contribution in [0.25, 0.3) is 0 Å². The van der Waals surface area contributed by atoms with Crippen LogP contribution in [0, 0.1) is 0 Å². The number of amides is 2. The van der Waals surface area contributed by atoms with Gasteiger partial charge in [0.1, 0.15) is 29.9 Å². The van der Waals surface area contributed by atoms with Crippen LogP contribution in [0.15, 0.2) is 22.3 Å². The number of nitrogen functional groups attached to an aromatic ring is 1. The van der Waals surface area contributed by atoms with Crippen molar-refractivity contribution in [3.8, 4) is 0 Å². The van der Waals surface area contributed by atoms with E-state index in [1.54, 1.807) is 0 Å². The summed E-state index contributed by atoms with van der Waals surface area (Å²) in [6.07, 6.45) is 0.430. The number of rotatable bonds is 7. The smallest absolute Gasteiger partial charge is 0.357 e. The van der Waals surface area contributed by atoms with E-state index in [1.165, 1.54) is 49.1 Å². The first-order valence-corrected chi connectivity index (χ1v) is 10.8. The lowest BCUT2D eigenvalue weighted by Gasteiger charge is -2.48. The molecule has 1 aromatic heterocycles. The van der Waals surface area contributed by atoms with Gasteiger partial charge in [-0.2, -0.15) is 0 Å². The first-order valence-electron chi connectivity index (χ1n) is 8.89. The summed E-state index contributed by atoms with van der Waals surface area (Å²) in [5, 5.41) is 7.55. The van der Waals surface area contributed by atoms with Crippen molar-refractivity contribution in [2.75, 3.05) is 18.6 Å². The van der Waals surface area contributed by atoms with Gasteiger partial charge in [0.05, 0.1) is 0 Å². The molecule has 12 nitrogen and oxygen atoms in total. The van der Waals surface area contributed by atoms with E-state index in [-0.39, 0.29) is 22.2 Å². The lowest BCUT2D eigenvalue weighted by atomic mass is 10.0. The molecule has 3 atom stereocenters. The Bertz CT molecular complexity index is 976. The zero-order valence-corrected chi connectivity index (χ0v) is 18.3. The quantitative estimate of drug-likeness (QED) is 0.180. The Hall–Kier alpha value is -3.13. The van der Waals surface area contributed by atoms with Crippen LogP contribution in [0.4, 0.5) is 5.13 Å². The van der Waals surface area contributed by atoms with Gasteiger partial charge in [0.15, 0.2) is 10.8 Å². The fourth-order valence-corrected chi connectivity index (χ4v) is 4.64. The average Bonchev–Trinajstić information content (AvgIpc) is 3.14. The maximum Gasteiger partial charge on any atom is 0.357 e. The highest BCUT2D eigenvalue weighted by atomic mass is 32.2. The first-order chi connectivity index (χ1) is 14.7. The van der Waals surface area contributed by atoms with Crippen LogP contribution in [0.3, 0.4) is 0 Å². The van der Waals surface area contributed by atoms with Crippen molar-refractivity contribution in [3.05, 3.63) is 22.8 Å². The molecule has 0 saturated carbocycles. The van der Waals surface area contributed by atoms with Crippen LogP contribution >= 0.6 is 23.1 Å². The third kappa shape index (κ3) is 4.80. The fourth-order valence-electron chi connectivity index (χ4n) is 2.90. The summed E-state index contributed by atoms with van der Waals surface area (Å²) in [4.78, 5) is 58.7. The van der Waals surface area contributed by atoms with Gasteiger partial charge in [-0.1, -0.05) is 5.16 Å². The van der Waals surface area contributed by atoms with Gasteiger partial charge in [0.2, 0.25) is 6.29 Å². The molecule has 2 amide bonds. The standard InChI is InChI=1S/C17H19N5O7S2/c1-7(23)28-8(2)29-16(26)10-4-5-30-15-12(14(25)22(10)15)20-13(24)11(21-27-3)9-6-31-17(18)19-9/h4,6,8,12,15H,5H2,1-3H3,(H2,18,19)(H,20,24)/b21-11+. The molecule has 0 bridgehead atoms. The molecule has 3 rings (SSSR count). The largest absolute Gasteiger partial charge is 0.426 e. The number of oxime groups is 1. The van der Waals surface area contributed by atoms with Crippen LogP contribution in [-0.4, -0.2) is 69.9 Å². The van der Waals surface area contributed by atoms with E-state index in [4.69, 9.17) is 20.0 Å². The second kappa shape index (κ2) is 9.34. The number of β-lactam (4-membered cyclic amide) rings is 1. The third-order valence-corrected chi connectivity index (χ3v) is 5.97. The van der Waals surface area contributed by atoms with Gasteiger partial charge in [0, 0.05) is 25.0 Å². The number of carbonyl (C=O) groups excluding carboxylic acids is 4. The fraction of sp³-hybridized carbons (Fsp3) is 0.412. The number of fused-ring (bicyclic) bond motifs is 1. The molecule has 3 N–H and O–H groups in total. The van der Waals surface area contributed by atoms with Gasteiger partial charge in [-0.3, -0.25) is 19.3 Å². The molecule has 2 aliphatic heterocycles. The van der Waals surface area contributed by atoms with E-state index in [2.05, 4.69) is 15.5 Å². The van der Waals surface area contributed by atoms with Crippen LogP contribution in [-0.2, 0) is 33.5 Å². The van der Waals surface area contributed by atoms with Crippen molar-refractivity contribution < 1.29 is 33.5 Å². The molecule has 0 spiro atoms. The van der Waals surface area contributed by atoms with Gasteiger partial charge in [-0.05, 0) is 6.08 Å². The van der Waals surface area contributed by atoms with E-state index < -0.39 is 41.5 Å². The molecule has 0 aliphatic carbocycles. The molecule has 1 aromatic rings. The monoisotopic (exact) mass is 469 g/mol. The number of hydrogen-bond acceptors (Lipinski definition) is 12. The van der Waals surface area contributed by atoms with Crippen LogP contribution in [0.5, 0.6) is 0 Å². The molecule has 31 heavy (non-hydrogen) atoms. The topological polar surface area (TPSA) is 163 Å². The van der Waals surface area contributed by atoms with Crippen molar-refractivity contribution in [2.45, 2.75) is 31.6 Å². The maximum absolute atomic E-state index is 12.7. The van der Waals surface area contributed by atoms with E-state index in [1.807, 2.05) is 0 Å². The molecule has 14 heteroatoms. The minimum absolute atomic E-state index is 0.0244. The molecule has 166 valence electrons. The molecular formula is C17H19N5O7S2. The number of ether oxygens (including phenoxy) is 2. The molecule has 0 aromatic carbocycles. The molecular weight excluding hydrogens is 450 g/mol. The van der Waals surface area contributed by atoms with Gasteiger partial charge in [-0.25, -0.2) is 9.78 Å². The zero-order valence-electron chi connectivity index (χ0n) is 16.7. The Kier molecular flexibility index (Phi) is 6.80. The van der Waals surface area contributed by atoms with Crippen molar-refractivity contribution in [1.82, 2.24) is 15.2 Å². The number of aromatic nitrogens is 1. The predicted octanol–water partition coefficient (Wildman–Crippen LogP) is -0.188. The van der Waals surface area contributed by atoms with Gasteiger partial charge < -0.3 is 25.4 Å². The minimum Gasteiger partial charge on any atom is -0.426 e. The van der Waals surface area contributed by atoms with Gasteiger partial charge in [0.25, 0.3) is 11.8 Å². The molecule has 3 unspecified atom stereocenters. The summed E-state index contributed by atoms with van der Waals surface area (Å²) < 4.78 is 9.82. The van der Waals surface area contributed by atoms with Crippen molar-refractivity contribution in [1.29, 1.82) is 0 Å². The van der Waals surface area contributed by atoms with E-state index in [9.17, 15) is 19.2 Å². The maximum atomic E-state index is 12.7. The number of carbonyl (C=O) groups is 4. The number of thioether (sulfide) groups is 1. The first kappa shape index (κ1) is 22.6. The van der Waals surface area contributed by atoms with Gasteiger partial charge in [-0.15, -0.1) is 23.1 Å². The highest BCUT2D eigenvalue weighted by molar-refractivity contribution is 8.00. The Morgan fingerprint density at radius 2 is 2.13 bits per heavy atom. The lowest BCUT2D eigenvalue weighted by molar-refractivity contribution is -0.182. The second-order valence-electron chi connectivity index (χ2n) is 6.25. The number of nitrogens with zero attached hydrogens (tertiary/aromatic N) is 3. The van der Waals surface area contributed by atoms with Crippen molar-refractivity contribution in [2.24, 2.45) is 5.16 Å². The van der Waals surface area contributed by atoms with Crippen LogP contribution in [0.2, 0.25) is 0 Å². The summed E-state index contributed by atoms with van der Waals surface area (Å²) >= 11 is 2.48. The highest BCUT2D eigenvalue weighted by Gasteiger charge is 2.53. The second-order valence-corrected chi connectivity index (χ2v) is 8.29. The van der Waals surface area contributed by atoms with Crippen molar-refractivity contribution >= 4 is 57.7 Å². The summed E-state index contributed by atoms with van der Waals surface area (Å²) in [5.74, 6) is -2.17. The van der Waals surface area contributed by atoms with Gasteiger partial charge >= 0.3 is 11.9 Å². The minimum atomic E-state index is -1.11. The number of hydrogen-bond donors (Lipinski definition) is 2. The van der Waals surface area contributed by atoms with E-state index in [0.29, 0.717) is 5.75 Å². The van der Waals surface area contributed by atoms with E-state index in [0.717, 1.165) is 11.3 Å². The molecule has 0 radical (unpaired) electrons. The number of nitrogens with two attached hydrogens (primary N) is 1. The number of nitrogens with one attached hydrogen (secondary N) is 1. The Labute approximate surface area is 184 Å². The SMILES string of the molecule is CO/N=C(/C(=O)NC1C(=O)N2C(C(=O)OC(C)OC(C)=O)=CCSC12)c1csc(N)n1. The Morgan fingerprint density at radius 1 is 1.39 bits per heavy atom. The summed E-state index contributed by atoms with van der Waals surface area (Å²) in [6.45, 7) is 2.57. The Morgan fingerprint density at radius 3 is 2.74 bits per heavy atom. The molecule has 2 aliphatic rings. The number of anilines is 1. The summed E-state index contributed by atoms with van der Waals surface area (Å²) in [6, 6.07) is -0.891. The number of esters is 2. The predicted molar refractivity (Wildman–Crippen MR) is 110 cm³/mol. The highest BCUT2D eigenvalue weighted by Crippen LogP contribution is 2.38. The molecule has 1 saturated heterocycles. The zero-order chi connectivity index (χ0) is 22.7. The molecule has 3 heterocycles.